The first-order chi connectivity index (χ1) is 12.5. The van der Waals surface area contributed by atoms with Crippen LogP contribution in [0, 0.1) is 6.92 Å². The van der Waals surface area contributed by atoms with E-state index in [0.29, 0.717) is 0 Å². The van der Waals surface area contributed by atoms with Crippen molar-refractivity contribution in [2.45, 2.75) is 20.0 Å². The van der Waals surface area contributed by atoms with Gasteiger partial charge in [0, 0.05) is 12.6 Å². The lowest BCUT2D eigenvalue weighted by Gasteiger charge is -2.09. The van der Waals surface area contributed by atoms with Crippen molar-refractivity contribution < 1.29 is 32.3 Å². The maximum Gasteiger partial charge on any atom is 0.416 e. The summed E-state index contributed by atoms with van der Waals surface area (Å²) in [6.45, 7) is 2.72. The number of rotatable bonds is 4. The van der Waals surface area contributed by atoms with E-state index in [1.165, 1.54) is 26.0 Å². The second kappa shape index (κ2) is 7.78. The Hall–Kier alpha value is -2.88. The van der Waals surface area contributed by atoms with Crippen molar-refractivity contribution in [3.8, 4) is 0 Å². The Bertz CT molecular complexity index is 906. The van der Waals surface area contributed by atoms with Gasteiger partial charge in [0.1, 0.15) is 5.00 Å². The molecule has 0 spiro atoms. The monoisotopic (exact) mass is 400 g/mol. The van der Waals surface area contributed by atoms with Crippen molar-refractivity contribution in [3.05, 3.63) is 45.8 Å². The van der Waals surface area contributed by atoms with Crippen LogP contribution in [0.2, 0.25) is 0 Å². The molecular formula is C17H15F3N2O4S. The number of esters is 1. The van der Waals surface area contributed by atoms with E-state index in [4.69, 9.17) is 0 Å². The van der Waals surface area contributed by atoms with Gasteiger partial charge in [0.05, 0.1) is 23.1 Å². The molecule has 2 aromatic rings. The number of carbonyl (C=O) groups excluding carboxylic acids is 3. The Morgan fingerprint density at radius 3 is 2.37 bits per heavy atom. The van der Waals surface area contributed by atoms with E-state index in [1.54, 1.807) is 0 Å². The molecule has 0 saturated carbocycles. The molecule has 2 rings (SSSR count). The number of halogens is 3. The highest BCUT2D eigenvalue weighted by Crippen LogP contribution is 2.35. The molecule has 0 bridgehead atoms. The van der Waals surface area contributed by atoms with Gasteiger partial charge in [-0.15, -0.1) is 11.3 Å². The predicted molar refractivity (Wildman–Crippen MR) is 94.1 cm³/mol. The van der Waals surface area contributed by atoms with Gasteiger partial charge >= 0.3 is 12.1 Å². The third kappa shape index (κ3) is 4.64. The zero-order valence-electron chi connectivity index (χ0n) is 14.5. The summed E-state index contributed by atoms with van der Waals surface area (Å²) < 4.78 is 43.1. The number of hydrogen-bond acceptors (Lipinski definition) is 5. The van der Waals surface area contributed by atoms with Crippen molar-refractivity contribution >= 4 is 39.8 Å². The highest BCUT2D eigenvalue weighted by molar-refractivity contribution is 7.18. The second-order valence-corrected chi connectivity index (χ2v) is 6.49. The molecule has 1 aromatic heterocycles. The molecule has 0 aliphatic rings. The van der Waals surface area contributed by atoms with E-state index in [1.807, 2.05) is 0 Å². The number of ether oxygens (including phenoxy) is 1. The quantitative estimate of drug-likeness (QED) is 0.758. The number of amides is 2. The van der Waals surface area contributed by atoms with Gasteiger partial charge in [-0.2, -0.15) is 13.2 Å². The minimum Gasteiger partial charge on any atom is -0.465 e. The molecule has 2 N–H and O–H groups in total. The van der Waals surface area contributed by atoms with Gasteiger partial charge in [-0.1, -0.05) is 6.07 Å². The molecule has 0 atom stereocenters. The summed E-state index contributed by atoms with van der Waals surface area (Å²) in [6.07, 6.45) is -4.55. The number of anilines is 2. The van der Waals surface area contributed by atoms with Crippen molar-refractivity contribution in [3.63, 3.8) is 0 Å². The minimum absolute atomic E-state index is 0.0203. The van der Waals surface area contributed by atoms with Crippen molar-refractivity contribution in [1.82, 2.24) is 0 Å². The van der Waals surface area contributed by atoms with Crippen LogP contribution in [0.15, 0.2) is 24.3 Å². The fourth-order valence-corrected chi connectivity index (χ4v) is 3.42. The van der Waals surface area contributed by atoms with Crippen LogP contribution in [-0.2, 0) is 15.7 Å². The van der Waals surface area contributed by atoms with Gasteiger partial charge in [-0.3, -0.25) is 9.59 Å². The predicted octanol–water partition coefficient (Wildman–Crippen LogP) is 4.07. The molecule has 2 amide bonds. The van der Waals surface area contributed by atoms with Crippen LogP contribution in [0.5, 0.6) is 0 Å². The Balaban J connectivity index is 2.38. The smallest absolute Gasteiger partial charge is 0.416 e. The van der Waals surface area contributed by atoms with Crippen LogP contribution in [0.3, 0.4) is 0 Å². The fourth-order valence-electron chi connectivity index (χ4n) is 2.29. The van der Waals surface area contributed by atoms with E-state index in [-0.39, 0.29) is 26.7 Å². The summed E-state index contributed by atoms with van der Waals surface area (Å²) in [5.74, 6) is -1.91. The number of thiophene rings is 1. The third-order valence-electron chi connectivity index (χ3n) is 3.48. The SMILES string of the molecule is COC(=O)c1c(NC(C)=O)sc(C(=O)Nc2cccc(C(F)(F)F)c2)c1C. The Morgan fingerprint density at radius 1 is 1.15 bits per heavy atom. The maximum absolute atomic E-state index is 12.8. The highest BCUT2D eigenvalue weighted by atomic mass is 32.1. The number of nitrogens with one attached hydrogen (secondary N) is 2. The van der Waals surface area contributed by atoms with Gasteiger partial charge in [-0.25, -0.2) is 4.79 Å². The van der Waals surface area contributed by atoms with Crippen LogP contribution in [0.25, 0.3) is 0 Å². The topological polar surface area (TPSA) is 84.5 Å². The second-order valence-electron chi connectivity index (χ2n) is 5.47. The van der Waals surface area contributed by atoms with Gasteiger partial charge < -0.3 is 15.4 Å². The Labute approximate surface area is 156 Å². The lowest BCUT2D eigenvalue weighted by atomic mass is 10.1. The molecule has 27 heavy (non-hydrogen) atoms. The zero-order valence-corrected chi connectivity index (χ0v) is 15.3. The van der Waals surface area contributed by atoms with Crippen LogP contribution >= 0.6 is 11.3 Å². The average Bonchev–Trinajstić information content (AvgIpc) is 2.89. The summed E-state index contributed by atoms with van der Waals surface area (Å²) >= 11 is 0.828. The first kappa shape index (κ1) is 20.4. The number of carbonyl (C=O) groups is 3. The normalized spacial score (nSPS) is 11.0. The standard InChI is InChI=1S/C17H15F3N2O4S/c1-8-12(16(25)26-3)15(21-9(2)23)27-13(8)14(24)22-11-6-4-5-10(7-11)17(18,19)20/h4-7H,1-3H3,(H,21,23)(H,22,24). The van der Waals surface area contributed by atoms with Crippen molar-refractivity contribution in [2.24, 2.45) is 0 Å². The number of alkyl halides is 3. The molecule has 0 radical (unpaired) electrons. The molecule has 0 fully saturated rings. The molecule has 0 unspecified atom stereocenters. The van der Waals surface area contributed by atoms with E-state index >= 15 is 0 Å². The van der Waals surface area contributed by atoms with E-state index in [2.05, 4.69) is 15.4 Å². The molecule has 6 nitrogen and oxygen atoms in total. The Kier molecular flexibility index (Phi) is 5.89. The highest BCUT2D eigenvalue weighted by Gasteiger charge is 2.31. The zero-order chi connectivity index (χ0) is 20.4. The van der Waals surface area contributed by atoms with E-state index in [9.17, 15) is 27.6 Å². The van der Waals surface area contributed by atoms with Crippen molar-refractivity contribution in [2.75, 3.05) is 17.7 Å². The van der Waals surface area contributed by atoms with Gasteiger partial charge in [-0.05, 0) is 30.7 Å². The van der Waals surface area contributed by atoms with Gasteiger partial charge in [0.2, 0.25) is 5.91 Å². The van der Waals surface area contributed by atoms with Crippen LogP contribution < -0.4 is 10.6 Å². The van der Waals surface area contributed by atoms with Crippen LogP contribution in [-0.4, -0.2) is 24.9 Å². The molecule has 0 aliphatic carbocycles. The number of benzene rings is 1. The molecule has 0 saturated heterocycles. The van der Waals surface area contributed by atoms with E-state index < -0.39 is 29.5 Å². The van der Waals surface area contributed by atoms with E-state index in [0.717, 1.165) is 30.6 Å². The van der Waals surface area contributed by atoms with Crippen LogP contribution in [0.4, 0.5) is 23.9 Å². The number of hydrogen-bond donors (Lipinski definition) is 2. The molecular weight excluding hydrogens is 385 g/mol. The summed E-state index contributed by atoms with van der Waals surface area (Å²) in [5.41, 5.74) is -0.687. The lowest BCUT2D eigenvalue weighted by molar-refractivity contribution is -0.137. The van der Waals surface area contributed by atoms with Crippen molar-refractivity contribution in [1.29, 1.82) is 0 Å². The summed E-state index contributed by atoms with van der Waals surface area (Å²) in [5, 5.41) is 4.94. The first-order valence-electron chi connectivity index (χ1n) is 7.52. The first-order valence-corrected chi connectivity index (χ1v) is 8.34. The van der Waals surface area contributed by atoms with Gasteiger partial charge in [0.15, 0.2) is 0 Å². The Morgan fingerprint density at radius 2 is 1.81 bits per heavy atom. The molecule has 1 heterocycles. The minimum atomic E-state index is -4.55. The van der Waals surface area contributed by atoms with Gasteiger partial charge in [0.25, 0.3) is 5.91 Å². The molecule has 10 heteroatoms. The molecule has 0 aliphatic heterocycles. The average molecular weight is 400 g/mol. The summed E-state index contributed by atoms with van der Waals surface area (Å²) in [4.78, 5) is 35.9. The molecule has 144 valence electrons. The third-order valence-corrected chi connectivity index (χ3v) is 4.69. The number of methoxy groups -OCH3 is 1. The largest absolute Gasteiger partial charge is 0.465 e. The lowest BCUT2D eigenvalue weighted by Crippen LogP contribution is -2.13. The fraction of sp³-hybridized carbons (Fsp3) is 0.235. The maximum atomic E-state index is 12.8. The molecule has 1 aromatic carbocycles. The summed E-state index contributed by atoms with van der Waals surface area (Å²) in [7, 11) is 1.15. The summed E-state index contributed by atoms with van der Waals surface area (Å²) in [6, 6.07) is 4.17. The van der Waals surface area contributed by atoms with Crippen LogP contribution in [0.1, 0.15) is 38.1 Å².